The van der Waals surface area contributed by atoms with Crippen LogP contribution in [0, 0.1) is 25.2 Å². The Morgan fingerprint density at radius 2 is 1.59 bits per heavy atom. The number of alkyl carbamates (subject to hydrolysis) is 1. The summed E-state index contributed by atoms with van der Waals surface area (Å²) in [6, 6.07) is 18.8. The maximum Gasteiger partial charge on any atom is 0.407 e. The molecule has 0 spiro atoms. The van der Waals surface area contributed by atoms with E-state index in [1.165, 1.54) is 5.56 Å². The number of hydrogen-bond donors (Lipinski definition) is 1. The number of ether oxygens (including phenoxy) is 1. The second-order valence-corrected chi connectivity index (χ2v) is 11.0. The third-order valence-corrected chi connectivity index (χ3v) is 8.01. The van der Waals surface area contributed by atoms with Crippen molar-refractivity contribution in [1.29, 1.82) is 5.26 Å². The van der Waals surface area contributed by atoms with E-state index in [0.29, 0.717) is 39.0 Å². The van der Waals surface area contributed by atoms with Crippen LogP contribution in [0.2, 0.25) is 0 Å². The largest absolute Gasteiger partial charge is 0.441 e. The Morgan fingerprint density at radius 3 is 2.22 bits per heavy atom. The molecule has 202 valence electrons. The van der Waals surface area contributed by atoms with Gasteiger partial charge in [-0.1, -0.05) is 48.5 Å². The Kier molecular flexibility index (Phi) is 13.6. The van der Waals surface area contributed by atoms with Crippen molar-refractivity contribution in [2.45, 2.75) is 79.0 Å². The quantitative estimate of drug-likeness (QED) is 0.198. The average molecular weight is 528 g/mol. The summed E-state index contributed by atoms with van der Waals surface area (Å²) in [6.07, 6.45) is 0.723. The molecule has 0 bridgehead atoms. The van der Waals surface area contributed by atoms with Gasteiger partial charge in [0.2, 0.25) is 0 Å². The van der Waals surface area contributed by atoms with Gasteiger partial charge in [-0.25, -0.2) is 9.46 Å². The molecule has 2 aromatic carbocycles. The first-order valence-corrected chi connectivity index (χ1v) is 14.1. The molecule has 1 amide bonds. The maximum atomic E-state index is 12.7. The number of carbonyl (C=O) groups is 1. The SMILES string of the molecule is Cc1ccccc1CC(OC(=O)NCCCOP(OCCC#N)N(C(C)C)C(C)C)c1ccccc1C. The smallest absolute Gasteiger partial charge is 0.407 e. The normalized spacial score (nSPS) is 13.0. The van der Waals surface area contributed by atoms with Gasteiger partial charge in [-0.15, -0.1) is 0 Å². The molecule has 0 aliphatic rings. The van der Waals surface area contributed by atoms with Crippen LogP contribution in [0.5, 0.6) is 0 Å². The molecule has 0 aliphatic carbocycles. The van der Waals surface area contributed by atoms with E-state index in [1.807, 2.05) is 43.3 Å². The molecule has 2 atom stereocenters. The van der Waals surface area contributed by atoms with E-state index in [2.05, 4.69) is 62.8 Å². The van der Waals surface area contributed by atoms with Crippen molar-refractivity contribution in [1.82, 2.24) is 9.99 Å². The summed E-state index contributed by atoms with van der Waals surface area (Å²) >= 11 is 0. The second-order valence-electron chi connectivity index (χ2n) is 9.54. The molecule has 0 fully saturated rings. The van der Waals surface area contributed by atoms with Crippen LogP contribution in [-0.2, 0) is 20.2 Å². The number of nitrogens with one attached hydrogen (secondary N) is 1. The number of rotatable bonds is 15. The Balaban J connectivity index is 1.92. The average Bonchev–Trinajstić information content (AvgIpc) is 2.84. The fraction of sp³-hybridized carbons (Fsp3) is 0.517. The molecule has 0 heterocycles. The lowest BCUT2D eigenvalue weighted by molar-refractivity contribution is 0.0966. The molecule has 2 unspecified atom stereocenters. The summed E-state index contributed by atoms with van der Waals surface area (Å²) in [5, 5.41) is 11.7. The molecule has 8 heteroatoms. The lowest BCUT2D eigenvalue weighted by atomic mass is 9.95. The standard InChI is InChI=1S/C29H42N3O4P/c1-22(2)32(23(3)4)37(34-19-11-17-30)35-20-12-18-31-29(33)36-28(27-16-10-8-14-25(27)6)21-26-15-9-7-13-24(26)5/h7-10,13-16,22-23,28H,11-12,18-21H2,1-6H3,(H,31,33). The fourth-order valence-electron chi connectivity index (χ4n) is 4.09. The van der Waals surface area contributed by atoms with Gasteiger partial charge in [0.1, 0.15) is 6.10 Å². The van der Waals surface area contributed by atoms with Crippen LogP contribution in [-0.4, -0.2) is 42.6 Å². The third kappa shape index (κ3) is 10.4. The first-order valence-electron chi connectivity index (χ1n) is 13.0. The van der Waals surface area contributed by atoms with Crippen molar-refractivity contribution < 1.29 is 18.6 Å². The van der Waals surface area contributed by atoms with E-state index in [-0.39, 0.29) is 18.2 Å². The minimum atomic E-state index is -1.29. The fourth-order valence-corrected chi connectivity index (χ4v) is 5.72. The topological polar surface area (TPSA) is 83.8 Å². The highest BCUT2D eigenvalue weighted by Crippen LogP contribution is 2.46. The summed E-state index contributed by atoms with van der Waals surface area (Å²) in [7, 11) is -1.29. The summed E-state index contributed by atoms with van der Waals surface area (Å²) in [6.45, 7) is 13.7. The molecule has 1 N–H and O–H groups in total. The lowest BCUT2D eigenvalue weighted by Gasteiger charge is -2.35. The van der Waals surface area contributed by atoms with Crippen LogP contribution < -0.4 is 5.32 Å². The van der Waals surface area contributed by atoms with Crippen LogP contribution >= 0.6 is 8.53 Å². The van der Waals surface area contributed by atoms with Gasteiger partial charge in [0.15, 0.2) is 0 Å². The van der Waals surface area contributed by atoms with E-state index in [4.69, 9.17) is 19.0 Å². The van der Waals surface area contributed by atoms with Crippen LogP contribution in [0.4, 0.5) is 4.79 Å². The molecular formula is C29H42N3O4P. The van der Waals surface area contributed by atoms with Gasteiger partial charge in [0.05, 0.1) is 25.7 Å². The van der Waals surface area contributed by atoms with Crippen LogP contribution in [0.1, 0.15) is 68.9 Å². The van der Waals surface area contributed by atoms with Crippen LogP contribution in [0.3, 0.4) is 0 Å². The van der Waals surface area contributed by atoms with Gasteiger partial charge in [0.25, 0.3) is 8.53 Å². The maximum absolute atomic E-state index is 12.7. The van der Waals surface area contributed by atoms with Gasteiger partial charge in [-0.2, -0.15) is 5.26 Å². The molecule has 0 saturated heterocycles. The minimum Gasteiger partial charge on any atom is -0.441 e. The zero-order valence-corrected chi connectivity index (χ0v) is 24.0. The van der Waals surface area contributed by atoms with Crippen molar-refractivity contribution in [3.05, 3.63) is 70.8 Å². The number of benzene rings is 2. The Hall–Kier alpha value is -2.49. The Bertz CT molecular complexity index is 1000. The molecule has 0 saturated carbocycles. The number of carbonyl (C=O) groups excluding carboxylic acids is 1. The van der Waals surface area contributed by atoms with Crippen LogP contribution in [0.25, 0.3) is 0 Å². The second kappa shape index (κ2) is 16.4. The zero-order chi connectivity index (χ0) is 27.2. The summed E-state index contributed by atoms with van der Waals surface area (Å²) in [4.78, 5) is 12.7. The number of nitrogens with zero attached hydrogens (tertiary/aromatic N) is 2. The van der Waals surface area contributed by atoms with E-state index in [9.17, 15) is 4.79 Å². The monoisotopic (exact) mass is 527 g/mol. The molecule has 2 rings (SSSR count). The summed E-state index contributed by atoms with van der Waals surface area (Å²) in [5.41, 5.74) is 4.42. The molecular weight excluding hydrogens is 485 g/mol. The van der Waals surface area contributed by atoms with Crippen molar-refractivity contribution in [3.63, 3.8) is 0 Å². The van der Waals surface area contributed by atoms with Gasteiger partial charge < -0.3 is 19.1 Å². The summed E-state index contributed by atoms with van der Waals surface area (Å²) < 4.78 is 20.1. The van der Waals surface area contributed by atoms with Gasteiger partial charge in [0, 0.05) is 25.0 Å². The number of nitriles is 1. The van der Waals surface area contributed by atoms with Crippen molar-refractivity contribution in [3.8, 4) is 6.07 Å². The van der Waals surface area contributed by atoms with E-state index in [0.717, 1.165) is 16.7 Å². The molecule has 2 aromatic rings. The predicted molar refractivity (Wildman–Crippen MR) is 149 cm³/mol. The zero-order valence-electron chi connectivity index (χ0n) is 23.1. The first-order chi connectivity index (χ1) is 17.7. The van der Waals surface area contributed by atoms with Gasteiger partial charge >= 0.3 is 6.09 Å². The number of hydrogen-bond acceptors (Lipinski definition) is 6. The Labute approximate surface area is 224 Å². The molecule has 0 radical (unpaired) electrons. The van der Waals surface area contributed by atoms with Gasteiger partial charge in [-0.3, -0.25) is 0 Å². The first kappa shape index (κ1) is 30.7. The molecule has 0 aliphatic heterocycles. The Morgan fingerprint density at radius 1 is 0.973 bits per heavy atom. The van der Waals surface area contributed by atoms with Crippen molar-refractivity contribution in [2.75, 3.05) is 19.8 Å². The molecule has 7 nitrogen and oxygen atoms in total. The van der Waals surface area contributed by atoms with E-state index >= 15 is 0 Å². The molecule has 0 aromatic heterocycles. The van der Waals surface area contributed by atoms with Gasteiger partial charge in [-0.05, 0) is 70.2 Å². The number of amides is 1. The highest BCUT2D eigenvalue weighted by Gasteiger charge is 2.27. The minimum absolute atomic E-state index is 0.243. The highest BCUT2D eigenvalue weighted by molar-refractivity contribution is 7.44. The third-order valence-electron chi connectivity index (χ3n) is 5.91. The van der Waals surface area contributed by atoms with Crippen molar-refractivity contribution in [2.24, 2.45) is 0 Å². The number of aryl methyl sites for hydroxylation is 2. The van der Waals surface area contributed by atoms with E-state index < -0.39 is 14.6 Å². The van der Waals surface area contributed by atoms with Crippen molar-refractivity contribution >= 4 is 14.6 Å². The van der Waals surface area contributed by atoms with E-state index in [1.54, 1.807) is 0 Å². The van der Waals surface area contributed by atoms with Crippen LogP contribution in [0.15, 0.2) is 48.5 Å². The lowest BCUT2D eigenvalue weighted by Crippen LogP contribution is -2.34. The molecule has 37 heavy (non-hydrogen) atoms. The predicted octanol–water partition coefficient (Wildman–Crippen LogP) is 7.00. The highest BCUT2D eigenvalue weighted by atomic mass is 31.2. The summed E-state index contributed by atoms with van der Waals surface area (Å²) in [5.74, 6) is 0.